The molecular formula is C20H33N. The molecule has 21 heavy (non-hydrogen) atoms. The van der Waals surface area contributed by atoms with Gasteiger partial charge in [0, 0.05) is 12.1 Å². The number of hydrogen-bond acceptors (Lipinski definition) is 1. The van der Waals surface area contributed by atoms with E-state index in [0.29, 0.717) is 6.04 Å². The summed E-state index contributed by atoms with van der Waals surface area (Å²) in [5.41, 5.74) is 2.90. The summed E-state index contributed by atoms with van der Waals surface area (Å²) in [5, 5.41) is 3.85. The molecule has 0 saturated heterocycles. The van der Waals surface area contributed by atoms with Crippen LogP contribution in [0.4, 0.5) is 0 Å². The van der Waals surface area contributed by atoms with Gasteiger partial charge in [0.15, 0.2) is 0 Å². The molecule has 118 valence electrons. The van der Waals surface area contributed by atoms with Gasteiger partial charge in [0.1, 0.15) is 0 Å². The zero-order valence-electron chi connectivity index (χ0n) is 14.2. The highest BCUT2D eigenvalue weighted by Gasteiger charge is 2.21. The maximum Gasteiger partial charge on any atom is 0.0294 e. The third-order valence-corrected chi connectivity index (χ3v) is 5.05. The first-order valence-corrected chi connectivity index (χ1v) is 9.07. The fourth-order valence-electron chi connectivity index (χ4n) is 3.74. The summed E-state index contributed by atoms with van der Waals surface area (Å²) in [6.07, 6.45) is 10.8. The lowest BCUT2D eigenvalue weighted by molar-refractivity contribution is 0.266. The van der Waals surface area contributed by atoms with Crippen LogP contribution in [-0.4, -0.2) is 6.04 Å². The Labute approximate surface area is 131 Å². The van der Waals surface area contributed by atoms with Gasteiger partial charge in [0.05, 0.1) is 0 Å². The summed E-state index contributed by atoms with van der Waals surface area (Å²) in [4.78, 5) is 0. The second-order valence-corrected chi connectivity index (χ2v) is 6.89. The lowest BCUT2D eigenvalue weighted by atomic mass is 9.83. The normalized spacial score (nSPS) is 24.0. The van der Waals surface area contributed by atoms with E-state index < -0.39 is 0 Å². The highest BCUT2D eigenvalue weighted by Crippen LogP contribution is 2.29. The Morgan fingerprint density at radius 2 is 1.67 bits per heavy atom. The zero-order chi connectivity index (χ0) is 15.1. The van der Waals surface area contributed by atoms with Crippen LogP contribution < -0.4 is 5.32 Å². The first-order chi connectivity index (χ1) is 10.2. The van der Waals surface area contributed by atoms with Crippen molar-refractivity contribution in [3.8, 4) is 0 Å². The second-order valence-electron chi connectivity index (χ2n) is 6.89. The number of rotatable bonds is 7. The fraction of sp³-hybridized carbons (Fsp3) is 0.700. The Bertz CT molecular complexity index is 387. The van der Waals surface area contributed by atoms with Gasteiger partial charge < -0.3 is 5.32 Å². The van der Waals surface area contributed by atoms with E-state index in [1.54, 1.807) is 0 Å². The summed E-state index contributed by atoms with van der Waals surface area (Å²) >= 11 is 0. The predicted molar refractivity (Wildman–Crippen MR) is 92.6 cm³/mol. The first-order valence-electron chi connectivity index (χ1n) is 9.07. The third kappa shape index (κ3) is 5.14. The van der Waals surface area contributed by atoms with E-state index in [-0.39, 0.29) is 0 Å². The van der Waals surface area contributed by atoms with Crippen molar-refractivity contribution in [2.75, 3.05) is 0 Å². The molecule has 0 bridgehead atoms. The van der Waals surface area contributed by atoms with Crippen LogP contribution in [-0.2, 0) is 6.42 Å². The molecule has 1 unspecified atom stereocenters. The van der Waals surface area contributed by atoms with E-state index in [0.717, 1.165) is 12.0 Å². The van der Waals surface area contributed by atoms with Crippen molar-refractivity contribution in [3.05, 3.63) is 35.4 Å². The fourth-order valence-corrected chi connectivity index (χ4v) is 3.74. The first kappa shape index (κ1) is 16.5. The monoisotopic (exact) mass is 287 g/mol. The van der Waals surface area contributed by atoms with Crippen LogP contribution >= 0.6 is 0 Å². The van der Waals surface area contributed by atoms with E-state index in [1.807, 2.05) is 0 Å². The van der Waals surface area contributed by atoms with Crippen LogP contribution in [0.2, 0.25) is 0 Å². The molecule has 1 N–H and O–H groups in total. The molecule has 1 fully saturated rings. The Balaban J connectivity index is 1.80. The summed E-state index contributed by atoms with van der Waals surface area (Å²) < 4.78 is 0. The molecule has 0 aromatic heterocycles. The molecule has 1 aliphatic rings. The Morgan fingerprint density at radius 3 is 2.24 bits per heavy atom. The van der Waals surface area contributed by atoms with Crippen LogP contribution in [0.1, 0.15) is 82.9 Å². The Morgan fingerprint density at radius 1 is 1.00 bits per heavy atom. The SMILES string of the molecule is CCCc1ccc(C(C)NC2CCC(CCC)CC2)cc1. The highest BCUT2D eigenvalue weighted by atomic mass is 14.9. The van der Waals surface area contributed by atoms with Crippen molar-refractivity contribution in [3.63, 3.8) is 0 Å². The molecular weight excluding hydrogens is 254 g/mol. The van der Waals surface area contributed by atoms with Gasteiger partial charge in [-0.25, -0.2) is 0 Å². The third-order valence-electron chi connectivity index (χ3n) is 5.05. The largest absolute Gasteiger partial charge is 0.307 e. The van der Waals surface area contributed by atoms with Crippen molar-refractivity contribution in [1.82, 2.24) is 5.32 Å². The molecule has 1 aromatic rings. The molecule has 0 heterocycles. The number of aryl methyl sites for hydroxylation is 1. The van der Waals surface area contributed by atoms with Crippen LogP contribution in [0, 0.1) is 5.92 Å². The quantitative estimate of drug-likeness (QED) is 0.683. The van der Waals surface area contributed by atoms with E-state index in [4.69, 9.17) is 0 Å². The summed E-state index contributed by atoms with van der Waals surface area (Å²) in [6.45, 7) is 6.87. The van der Waals surface area contributed by atoms with Crippen molar-refractivity contribution < 1.29 is 0 Å². The Hall–Kier alpha value is -0.820. The summed E-state index contributed by atoms with van der Waals surface area (Å²) in [7, 11) is 0. The van der Waals surface area contributed by atoms with Gasteiger partial charge in [-0.1, -0.05) is 57.4 Å². The van der Waals surface area contributed by atoms with Crippen molar-refractivity contribution >= 4 is 0 Å². The highest BCUT2D eigenvalue weighted by molar-refractivity contribution is 5.24. The number of benzene rings is 1. The molecule has 2 rings (SSSR count). The van der Waals surface area contributed by atoms with Gasteiger partial charge in [-0.3, -0.25) is 0 Å². The minimum atomic E-state index is 0.480. The van der Waals surface area contributed by atoms with Gasteiger partial charge in [-0.2, -0.15) is 0 Å². The summed E-state index contributed by atoms with van der Waals surface area (Å²) in [5.74, 6) is 0.997. The van der Waals surface area contributed by atoms with Gasteiger partial charge in [0.2, 0.25) is 0 Å². The zero-order valence-corrected chi connectivity index (χ0v) is 14.2. The maximum absolute atomic E-state index is 3.85. The average Bonchev–Trinajstić information content (AvgIpc) is 2.50. The maximum atomic E-state index is 3.85. The molecule has 1 heteroatoms. The Kier molecular flexibility index (Phi) is 6.76. The lowest BCUT2D eigenvalue weighted by Gasteiger charge is -2.31. The van der Waals surface area contributed by atoms with Crippen molar-refractivity contribution in [2.45, 2.75) is 84.2 Å². The van der Waals surface area contributed by atoms with Crippen LogP contribution in [0.5, 0.6) is 0 Å². The molecule has 1 nitrogen and oxygen atoms in total. The van der Waals surface area contributed by atoms with E-state index >= 15 is 0 Å². The van der Waals surface area contributed by atoms with E-state index in [9.17, 15) is 0 Å². The summed E-state index contributed by atoms with van der Waals surface area (Å²) in [6, 6.07) is 10.4. The molecule has 0 aliphatic heterocycles. The molecule has 1 aromatic carbocycles. The van der Waals surface area contributed by atoms with Gasteiger partial charge in [0.25, 0.3) is 0 Å². The average molecular weight is 287 g/mol. The van der Waals surface area contributed by atoms with Crippen LogP contribution in [0.15, 0.2) is 24.3 Å². The van der Waals surface area contributed by atoms with Crippen molar-refractivity contribution in [1.29, 1.82) is 0 Å². The van der Waals surface area contributed by atoms with Gasteiger partial charge in [-0.15, -0.1) is 0 Å². The topological polar surface area (TPSA) is 12.0 Å². The smallest absolute Gasteiger partial charge is 0.0294 e. The van der Waals surface area contributed by atoms with Gasteiger partial charge in [-0.05, 0) is 56.1 Å². The number of hydrogen-bond donors (Lipinski definition) is 1. The van der Waals surface area contributed by atoms with E-state index in [1.165, 1.54) is 62.5 Å². The van der Waals surface area contributed by atoms with Gasteiger partial charge >= 0.3 is 0 Å². The number of nitrogens with one attached hydrogen (secondary N) is 1. The molecule has 1 aliphatic carbocycles. The molecule has 0 amide bonds. The lowest BCUT2D eigenvalue weighted by Crippen LogP contribution is -2.35. The minimum Gasteiger partial charge on any atom is -0.307 e. The standard InChI is InChI=1S/C20H33N/c1-4-6-17-8-12-19(13-9-17)16(3)21-20-14-10-18(7-5-2)11-15-20/h8-9,12-13,16,18,20-21H,4-7,10-11,14-15H2,1-3H3. The van der Waals surface area contributed by atoms with Crippen LogP contribution in [0.25, 0.3) is 0 Å². The molecule has 0 spiro atoms. The second kappa shape index (κ2) is 8.58. The predicted octanol–water partition coefficient (Wildman–Crippen LogP) is 5.65. The minimum absolute atomic E-state index is 0.480. The molecule has 1 atom stereocenters. The molecule has 1 saturated carbocycles. The van der Waals surface area contributed by atoms with Crippen molar-refractivity contribution in [2.24, 2.45) is 5.92 Å². The van der Waals surface area contributed by atoms with Crippen LogP contribution in [0.3, 0.4) is 0 Å². The van der Waals surface area contributed by atoms with E-state index in [2.05, 4.69) is 50.4 Å². The molecule has 0 radical (unpaired) electrons.